The van der Waals surface area contributed by atoms with E-state index in [2.05, 4.69) is 39.7 Å². The van der Waals surface area contributed by atoms with Gasteiger partial charge in [-0.2, -0.15) is 0 Å². The number of esters is 1. The molecule has 1 aliphatic carbocycles. The van der Waals surface area contributed by atoms with Crippen LogP contribution in [0.2, 0.25) is 0 Å². The molecule has 0 saturated heterocycles. The first-order valence-electron chi connectivity index (χ1n) is 8.68. The molecule has 25 heavy (non-hydrogen) atoms. The van der Waals surface area contributed by atoms with E-state index in [-0.39, 0.29) is 11.6 Å². The second-order valence-electron chi connectivity index (χ2n) is 6.77. The first kappa shape index (κ1) is 17.3. The fourth-order valence-corrected chi connectivity index (χ4v) is 5.56. The SMILES string of the molecule is CCOC(=O)c1sc(-c2cc(I)c3c(c2)CC2(CCCC2)O3)nc1C. The van der Waals surface area contributed by atoms with Gasteiger partial charge in [0.25, 0.3) is 0 Å². The standard InChI is InChI=1S/C19H20INO3S/c1-3-23-18(22)16-11(2)21-17(25-16)12-8-13-10-19(6-4-5-7-19)24-15(13)14(20)9-12/h8-9H,3-7,10H2,1-2H3. The minimum atomic E-state index is -0.284. The van der Waals surface area contributed by atoms with Crippen LogP contribution in [0.25, 0.3) is 10.6 Å². The number of thiazole rings is 1. The fourth-order valence-electron chi connectivity index (χ4n) is 3.82. The predicted octanol–water partition coefficient (Wildman–Crippen LogP) is 5.15. The number of benzene rings is 1. The van der Waals surface area contributed by atoms with Crippen molar-refractivity contribution in [3.8, 4) is 16.3 Å². The quantitative estimate of drug-likeness (QED) is 0.461. The number of aromatic nitrogens is 1. The van der Waals surface area contributed by atoms with Crippen LogP contribution in [0.1, 0.15) is 53.5 Å². The van der Waals surface area contributed by atoms with Crippen LogP contribution in [0.5, 0.6) is 5.75 Å². The molecule has 4 rings (SSSR count). The summed E-state index contributed by atoms with van der Waals surface area (Å²) in [6.45, 7) is 4.06. The van der Waals surface area contributed by atoms with Gasteiger partial charge in [-0.25, -0.2) is 9.78 Å². The van der Waals surface area contributed by atoms with Crippen molar-refractivity contribution in [1.82, 2.24) is 4.98 Å². The summed E-state index contributed by atoms with van der Waals surface area (Å²) in [6.07, 6.45) is 5.80. The van der Waals surface area contributed by atoms with Crippen LogP contribution in [-0.4, -0.2) is 23.2 Å². The van der Waals surface area contributed by atoms with Gasteiger partial charge in [-0.3, -0.25) is 0 Å². The Labute approximate surface area is 165 Å². The summed E-state index contributed by atoms with van der Waals surface area (Å²) in [4.78, 5) is 17.3. The first-order valence-corrected chi connectivity index (χ1v) is 10.6. The monoisotopic (exact) mass is 469 g/mol. The molecule has 0 atom stereocenters. The van der Waals surface area contributed by atoms with Crippen molar-refractivity contribution in [2.24, 2.45) is 0 Å². The zero-order valence-corrected chi connectivity index (χ0v) is 17.3. The summed E-state index contributed by atoms with van der Waals surface area (Å²) in [5.74, 6) is 0.762. The highest BCUT2D eigenvalue weighted by molar-refractivity contribution is 14.1. The summed E-state index contributed by atoms with van der Waals surface area (Å²) in [7, 11) is 0. The lowest BCUT2D eigenvalue weighted by molar-refractivity contribution is 0.0531. The largest absolute Gasteiger partial charge is 0.486 e. The molecule has 2 heterocycles. The van der Waals surface area contributed by atoms with E-state index < -0.39 is 0 Å². The minimum Gasteiger partial charge on any atom is -0.486 e. The van der Waals surface area contributed by atoms with Crippen LogP contribution in [0.3, 0.4) is 0 Å². The fraction of sp³-hybridized carbons (Fsp3) is 0.474. The zero-order valence-electron chi connectivity index (χ0n) is 14.4. The summed E-state index contributed by atoms with van der Waals surface area (Å²) < 4.78 is 12.6. The Bertz CT molecular complexity index is 839. The van der Waals surface area contributed by atoms with Crippen LogP contribution in [-0.2, 0) is 11.2 Å². The maximum absolute atomic E-state index is 12.1. The number of hydrogen-bond donors (Lipinski definition) is 0. The summed E-state index contributed by atoms with van der Waals surface area (Å²) in [5, 5.41) is 0.869. The van der Waals surface area contributed by atoms with Crippen molar-refractivity contribution in [3.63, 3.8) is 0 Å². The first-order chi connectivity index (χ1) is 12.0. The molecular formula is C19H20INO3S. The van der Waals surface area contributed by atoms with E-state index in [0.29, 0.717) is 11.5 Å². The number of carbonyl (C=O) groups excluding carboxylic acids is 1. The average Bonchev–Trinajstić information content (AvgIpc) is 3.27. The molecule has 0 amide bonds. The number of hydrogen-bond acceptors (Lipinski definition) is 5. The molecule has 132 valence electrons. The van der Waals surface area contributed by atoms with E-state index in [1.807, 2.05) is 13.8 Å². The molecule has 1 aliphatic heterocycles. The maximum atomic E-state index is 12.1. The third-order valence-corrected chi connectivity index (χ3v) is 6.96. The molecule has 0 N–H and O–H groups in total. The van der Waals surface area contributed by atoms with Crippen molar-refractivity contribution in [1.29, 1.82) is 0 Å². The molecular weight excluding hydrogens is 449 g/mol. The topological polar surface area (TPSA) is 48.4 Å². The Hall–Kier alpha value is -1.15. The van der Waals surface area contributed by atoms with Crippen molar-refractivity contribution in [3.05, 3.63) is 31.8 Å². The Kier molecular flexibility index (Phi) is 4.52. The van der Waals surface area contributed by atoms with Gasteiger partial charge in [-0.05, 0) is 79.8 Å². The van der Waals surface area contributed by atoms with Gasteiger partial charge in [0.05, 0.1) is 15.9 Å². The molecule has 0 unspecified atom stereocenters. The second-order valence-corrected chi connectivity index (χ2v) is 8.93. The lowest BCUT2D eigenvalue weighted by Gasteiger charge is -2.22. The molecule has 0 radical (unpaired) electrons. The highest BCUT2D eigenvalue weighted by Gasteiger charge is 2.42. The van der Waals surface area contributed by atoms with Gasteiger partial charge in [0.1, 0.15) is 21.2 Å². The van der Waals surface area contributed by atoms with Crippen LogP contribution >= 0.6 is 33.9 Å². The Balaban J connectivity index is 1.68. The van der Waals surface area contributed by atoms with Crippen LogP contribution < -0.4 is 4.74 Å². The Morgan fingerprint density at radius 1 is 1.40 bits per heavy atom. The molecule has 1 aromatic carbocycles. The van der Waals surface area contributed by atoms with E-state index in [1.54, 1.807) is 0 Å². The van der Waals surface area contributed by atoms with E-state index in [1.165, 1.54) is 29.7 Å². The van der Waals surface area contributed by atoms with Gasteiger partial charge in [0, 0.05) is 12.0 Å². The molecule has 2 aromatic rings. The molecule has 6 heteroatoms. The zero-order chi connectivity index (χ0) is 17.6. The molecule has 1 saturated carbocycles. The smallest absolute Gasteiger partial charge is 0.350 e. The molecule has 1 fully saturated rings. The molecule has 4 nitrogen and oxygen atoms in total. The summed E-state index contributed by atoms with van der Waals surface area (Å²) in [5.41, 5.74) is 3.09. The van der Waals surface area contributed by atoms with Gasteiger partial charge < -0.3 is 9.47 Å². The summed E-state index contributed by atoms with van der Waals surface area (Å²) >= 11 is 3.76. The van der Waals surface area contributed by atoms with E-state index >= 15 is 0 Å². The number of fused-ring (bicyclic) bond motifs is 1. The number of rotatable bonds is 3. The van der Waals surface area contributed by atoms with E-state index in [0.717, 1.165) is 44.8 Å². The van der Waals surface area contributed by atoms with Crippen LogP contribution in [0.4, 0.5) is 0 Å². The Morgan fingerprint density at radius 2 is 2.16 bits per heavy atom. The Morgan fingerprint density at radius 3 is 2.88 bits per heavy atom. The van der Waals surface area contributed by atoms with Crippen molar-refractivity contribution in [2.75, 3.05) is 6.61 Å². The molecule has 1 aromatic heterocycles. The molecule has 0 bridgehead atoms. The third kappa shape index (κ3) is 3.07. The number of nitrogens with zero attached hydrogens (tertiary/aromatic N) is 1. The normalized spacial score (nSPS) is 17.6. The van der Waals surface area contributed by atoms with Crippen LogP contribution in [0, 0.1) is 10.5 Å². The molecule has 2 aliphatic rings. The van der Waals surface area contributed by atoms with E-state index in [9.17, 15) is 4.79 Å². The second kappa shape index (κ2) is 6.54. The van der Waals surface area contributed by atoms with E-state index in [4.69, 9.17) is 9.47 Å². The van der Waals surface area contributed by atoms with Crippen molar-refractivity contribution in [2.45, 2.75) is 51.6 Å². The van der Waals surface area contributed by atoms with Crippen molar-refractivity contribution >= 4 is 39.9 Å². The predicted molar refractivity (Wildman–Crippen MR) is 106 cm³/mol. The lowest BCUT2D eigenvalue weighted by atomic mass is 9.95. The average molecular weight is 469 g/mol. The highest BCUT2D eigenvalue weighted by atomic mass is 127. The maximum Gasteiger partial charge on any atom is 0.350 e. The van der Waals surface area contributed by atoms with Crippen LogP contribution in [0.15, 0.2) is 12.1 Å². The van der Waals surface area contributed by atoms with Gasteiger partial charge in [-0.1, -0.05) is 0 Å². The number of ether oxygens (including phenoxy) is 2. The number of carbonyl (C=O) groups is 1. The van der Waals surface area contributed by atoms with Gasteiger partial charge in [-0.15, -0.1) is 11.3 Å². The van der Waals surface area contributed by atoms with Gasteiger partial charge in [0.2, 0.25) is 0 Å². The summed E-state index contributed by atoms with van der Waals surface area (Å²) in [6, 6.07) is 4.30. The molecule has 1 spiro atoms. The highest BCUT2D eigenvalue weighted by Crippen LogP contribution is 2.47. The van der Waals surface area contributed by atoms with Crippen molar-refractivity contribution < 1.29 is 14.3 Å². The van der Waals surface area contributed by atoms with Gasteiger partial charge >= 0.3 is 5.97 Å². The lowest BCUT2D eigenvalue weighted by Crippen LogP contribution is -2.30. The number of halogens is 1. The van der Waals surface area contributed by atoms with Gasteiger partial charge in [0.15, 0.2) is 0 Å². The third-order valence-electron chi connectivity index (χ3n) is 4.97. The minimum absolute atomic E-state index is 0.0236. The number of aryl methyl sites for hydroxylation is 1.